The van der Waals surface area contributed by atoms with Gasteiger partial charge < -0.3 is 4.57 Å². The summed E-state index contributed by atoms with van der Waals surface area (Å²) in [6.07, 6.45) is 4.79. The van der Waals surface area contributed by atoms with E-state index in [1.54, 1.807) is 0 Å². The lowest BCUT2D eigenvalue weighted by Gasteiger charge is -1.99. The Morgan fingerprint density at radius 1 is 1.64 bits per heavy atom. The third-order valence-corrected chi connectivity index (χ3v) is 4.26. The van der Waals surface area contributed by atoms with Crippen molar-refractivity contribution in [2.45, 2.75) is 13.0 Å². The molecule has 1 heterocycles. The molecule has 0 radical (unpaired) electrons. The summed E-state index contributed by atoms with van der Waals surface area (Å²) in [5.74, 6) is 0. The van der Waals surface area contributed by atoms with Crippen molar-refractivity contribution in [2.24, 2.45) is 0 Å². The van der Waals surface area contributed by atoms with Gasteiger partial charge in [0.2, 0.25) is 0 Å². The summed E-state index contributed by atoms with van der Waals surface area (Å²) in [4.78, 5) is 4.18. The molecule has 0 saturated heterocycles. The van der Waals surface area contributed by atoms with Gasteiger partial charge in [-0.3, -0.25) is 0 Å². The van der Waals surface area contributed by atoms with Crippen LogP contribution in [-0.2, 0) is 6.54 Å². The highest BCUT2D eigenvalue weighted by Gasteiger charge is 2.02. The Balaban J connectivity index is 2.70. The standard InChI is InChI=1S/C7H8I2N2/c1-2-3-4-11-5-10-6(8)7(11)9/h2,5H,1,3-4H2. The van der Waals surface area contributed by atoms with Gasteiger partial charge >= 0.3 is 0 Å². The molecule has 0 bridgehead atoms. The van der Waals surface area contributed by atoms with E-state index in [-0.39, 0.29) is 0 Å². The number of hydrogen-bond acceptors (Lipinski definition) is 1. The Morgan fingerprint density at radius 3 is 2.82 bits per heavy atom. The molecule has 0 aliphatic carbocycles. The second-order valence-electron chi connectivity index (χ2n) is 2.10. The first-order valence-electron chi connectivity index (χ1n) is 3.22. The molecule has 0 aliphatic rings. The van der Waals surface area contributed by atoms with E-state index in [4.69, 9.17) is 0 Å². The van der Waals surface area contributed by atoms with Gasteiger partial charge in [-0.05, 0) is 51.6 Å². The zero-order valence-corrected chi connectivity index (χ0v) is 10.2. The second-order valence-corrected chi connectivity index (χ2v) is 4.14. The molecule has 0 unspecified atom stereocenters. The Bertz CT molecular complexity index is 255. The zero-order valence-electron chi connectivity index (χ0n) is 5.93. The normalized spacial score (nSPS) is 10.0. The molecule has 0 aromatic carbocycles. The highest BCUT2D eigenvalue weighted by molar-refractivity contribution is 14.1. The maximum Gasteiger partial charge on any atom is 0.132 e. The van der Waals surface area contributed by atoms with E-state index in [9.17, 15) is 0 Å². The van der Waals surface area contributed by atoms with Crippen LogP contribution in [0.1, 0.15) is 6.42 Å². The smallest absolute Gasteiger partial charge is 0.132 e. The van der Waals surface area contributed by atoms with E-state index in [0.29, 0.717) is 0 Å². The van der Waals surface area contributed by atoms with Gasteiger partial charge in [0, 0.05) is 6.54 Å². The van der Waals surface area contributed by atoms with Crippen molar-refractivity contribution >= 4 is 45.2 Å². The number of aromatic nitrogens is 2. The van der Waals surface area contributed by atoms with E-state index in [0.717, 1.165) is 16.7 Å². The average molecular weight is 374 g/mol. The number of allylic oxidation sites excluding steroid dienone is 1. The van der Waals surface area contributed by atoms with Crippen LogP contribution in [-0.4, -0.2) is 9.55 Å². The minimum Gasteiger partial charge on any atom is -0.325 e. The monoisotopic (exact) mass is 374 g/mol. The van der Waals surface area contributed by atoms with Gasteiger partial charge in [-0.1, -0.05) is 6.08 Å². The summed E-state index contributed by atoms with van der Waals surface area (Å²) in [5, 5.41) is 0. The molecule has 4 heteroatoms. The van der Waals surface area contributed by atoms with E-state index in [1.165, 1.54) is 3.70 Å². The lowest BCUT2D eigenvalue weighted by atomic mass is 10.4. The maximum absolute atomic E-state index is 4.18. The highest BCUT2D eigenvalue weighted by Crippen LogP contribution is 2.13. The van der Waals surface area contributed by atoms with Crippen LogP contribution in [0.15, 0.2) is 19.0 Å². The minimum atomic E-state index is 0.984. The lowest BCUT2D eigenvalue weighted by Crippen LogP contribution is -1.97. The van der Waals surface area contributed by atoms with Gasteiger partial charge in [-0.25, -0.2) is 4.98 Å². The molecule has 11 heavy (non-hydrogen) atoms. The summed E-state index contributed by atoms with van der Waals surface area (Å²) in [7, 11) is 0. The molecule has 1 rings (SSSR count). The molecule has 0 spiro atoms. The number of imidazole rings is 1. The van der Waals surface area contributed by atoms with Gasteiger partial charge in [0.05, 0.1) is 6.33 Å². The summed E-state index contributed by atoms with van der Waals surface area (Å²) in [6, 6.07) is 0. The molecule has 1 aromatic rings. The third-order valence-electron chi connectivity index (χ3n) is 1.31. The molecule has 0 aliphatic heterocycles. The van der Waals surface area contributed by atoms with Crippen molar-refractivity contribution in [1.82, 2.24) is 9.55 Å². The van der Waals surface area contributed by atoms with Gasteiger partial charge in [0.1, 0.15) is 7.40 Å². The van der Waals surface area contributed by atoms with Gasteiger partial charge in [-0.2, -0.15) is 0 Å². The molecule has 2 nitrogen and oxygen atoms in total. The van der Waals surface area contributed by atoms with Gasteiger partial charge in [0.15, 0.2) is 0 Å². The zero-order chi connectivity index (χ0) is 8.27. The number of rotatable bonds is 3. The SMILES string of the molecule is C=CCCn1cnc(I)c1I. The summed E-state index contributed by atoms with van der Waals surface area (Å²) in [5.41, 5.74) is 0. The average Bonchev–Trinajstić information content (AvgIpc) is 2.31. The summed E-state index contributed by atoms with van der Waals surface area (Å²) in [6.45, 7) is 4.66. The predicted octanol–water partition coefficient (Wildman–Crippen LogP) is 2.67. The predicted molar refractivity (Wildman–Crippen MR) is 62.5 cm³/mol. The number of nitrogens with zero attached hydrogens (tertiary/aromatic N) is 2. The molecule has 0 saturated carbocycles. The van der Waals surface area contributed by atoms with Crippen LogP contribution in [0.2, 0.25) is 0 Å². The second kappa shape index (κ2) is 4.44. The van der Waals surface area contributed by atoms with Crippen molar-refractivity contribution in [3.63, 3.8) is 0 Å². The topological polar surface area (TPSA) is 17.8 Å². The molecule has 0 amide bonds. The molecule has 0 atom stereocenters. The van der Waals surface area contributed by atoms with Crippen molar-refractivity contribution in [3.05, 3.63) is 26.4 Å². The Morgan fingerprint density at radius 2 is 2.36 bits per heavy atom. The van der Waals surface area contributed by atoms with E-state index in [2.05, 4.69) is 61.3 Å². The van der Waals surface area contributed by atoms with Crippen LogP contribution in [0.25, 0.3) is 0 Å². The summed E-state index contributed by atoms with van der Waals surface area (Å²) >= 11 is 4.53. The van der Waals surface area contributed by atoms with Crippen LogP contribution < -0.4 is 0 Å². The molecule has 1 aromatic heterocycles. The number of aryl methyl sites for hydroxylation is 1. The van der Waals surface area contributed by atoms with Crippen LogP contribution in [0.5, 0.6) is 0 Å². The van der Waals surface area contributed by atoms with E-state index < -0.39 is 0 Å². The van der Waals surface area contributed by atoms with E-state index >= 15 is 0 Å². The van der Waals surface area contributed by atoms with Crippen LogP contribution in [0.3, 0.4) is 0 Å². The maximum atomic E-state index is 4.18. The highest BCUT2D eigenvalue weighted by atomic mass is 127. The largest absolute Gasteiger partial charge is 0.325 e. The lowest BCUT2D eigenvalue weighted by molar-refractivity contribution is 0.694. The van der Waals surface area contributed by atoms with E-state index in [1.807, 2.05) is 12.4 Å². The van der Waals surface area contributed by atoms with Crippen molar-refractivity contribution in [1.29, 1.82) is 0 Å². The molecular formula is C7H8I2N2. The van der Waals surface area contributed by atoms with Crippen LogP contribution in [0.4, 0.5) is 0 Å². The first-order valence-corrected chi connectivity index (χ1v) is 5.38. The third kappa shape index (κ3) is 2.43. The molecule has 0 fully saturated rings. The fourth-order valence-electron chi connectivity index (χ4n) is 0.729. The van der Waals surface area contributed by atoms with Gasteiger partial charge in [0.25, 0.3) is 0 Å². The fourth-order valence-corrected chi connectivity index (χ4v) is 1.67. The molecule has 60 valence electrons. The van der Waals surface area contributed by atoms with Crippen LogP contribution in [0, 0.1) is 7.40 Å². The Labute approximate surface area is 93.4 Å². The molecular weight excluding hydrogens is 366 g/mol. The Kier molecular flexibility index (Phi) is 3.83. The fraction of sp³-hybridized carbons (Fsp3) is 0.286. The minimum absolute atomic E-state index is 0.984. The van der Waals surface area contributed by atoms with Crippen LogP contribution >= 0.6 is 45.2 Å². The Hall–Kier alpha value is 0.410. The van der Waals surface area contributed by atoms with Crippen molar-refractivity contribution < 1.29 is 0 Å². The quantitative estimate of drug-likeness (QED) is 0.588. The van der Waals surface area contributed by atoms with Crippen molar-refractivity contribution in [2.75, 3.05) is 0 Å². The first-order chi connectivity index (χ1) is 5.25. The first kappa shape index (κ1) is 9.50. The summed E-state index contributed by atoms with van der Waals surface area (Å²) < 4.78 is 4.42. The number of halogens is 2. The van der Waals surface area contributed by atoms with Crippen molar-refractivity contribution in [3.8, 4) is 0 Å². The number of hydrogen-bond donors (Lipinski definition) is 0. The van der Waals surface area contributed by atoms with Gasteiger partial charge in [-0.15, -0.1) is 6.58 Å². The molecule has 0 N–H and O–H groups in total.